The lowest BCUT2D eigenvalue weighted by Crippen LogP contribution is -2.07. The van der Waals surface area contributed by atoms with Crippen molar-refractivity contribution >= 4 is 21.6 Å². The third-order valence-corrected chi connectivity index (χ3v) is 3.40. The summed E-state index contributed by atoms with van der Waals surface area (Å²) in [6.07, 6.45) is 3.37. The first-order valence-electron chi connectivity index (χ1n) is 5.15. The Bertz CT molecular complexity index is 730. The fourth-order valence-electron chi connectivity index (χ4n) is 1.69. The van der Waals surface area contributed by atoms with Crippen LogP contribution < -0.4 is 5.56 Å². The molecule has 0 aliphatic rings. The number of aryl methyl sites for hydroxylation is 1. The van der Waals surface area contributed by atoms with Crippen LogP contribution in [0.5, 0.6) is 0 Å². The minimum Gasteiger partial charge on any atom is -0.306 e. The molecule has 0 saturated heterocycles. The van der Waals surface area contributed by atoms with Crippen molar-refractivity contribution < 1.29 is 0 Å². The molecule has 0 atom stereocenters. The maximum atomic E-state index is 11.9. The Morgan fingerprint density at radius 1 is 1.41 bits per heavy atom. The first-order valence-corrected chi connectivity index (χ1v) is 5.96. The van der Waals surface area contributed by atoms with Gasteiger partial charge in [0, 0.05) is 22.8 Å². The third kappa shape index (κ3) is 1.74. The zero-order chi connectivity index (χ0) is 11.8. The molecule has 0 radical (unpaired) electrons. The Hall–Kier alpha value is -2.01. The smallest absolute Gasteiger partial charge is 0.259 e. The van der Waals surface area contributed by atoms with E-state index in [-0.39, 0.29) is 5.56 Å². The van der Waals surface area contributed by atoms with Crippen molar-refractivity contribution in [2.24, 2.45) is 0 Å². The van der Waals surface area contributed by atoms with Crippen molar-refractivity contribution in [1.82, 2.24) is 15.0 Å². The van der Waals surface area contributed by atoms with E-state index in [4.69, 9.17) is 0 Å². The van der Waals surface area contributed by atoms with Crippen LogP contribution in [0.2, 0.25) is 0 Å². The predicted octanol–water partition coefficient (Wildman–Crippen LogP) is 2.36. The van der Waals surface area contributed by atoms with Crippen LogP contribution in [0.25, 0.3) is 21.6 Å². The first-order chi connectivity index (χ1) is 8.24. The summed E-state index contributed by atoms with van der Waals surface area (Å²) in [5, 5.41) is 0.653. The molecule has 3 heterocycles. The molecule has 0 bridgehead atoms. The van der Waals surface area contributed by atoms with Crippen LogP contribution in [-0.2, 0) is 0 Å². The van der Waals surface area contributed by atoms with Gasteiger partial charge in [-0.1, -0.05) is 0 Å². The van der Waals surface area contributed by atoms with Crippen molar-refractivity contribution in [2.75, 3.05) is 0 Å². The van der Waals surface area contributed by atoms with Crippen molar-refractivity contribution in [1.29, 1.82) is 0 Å². The fraction of sp³-hybridized carbons (Fsp3) is 0.0833. The predicted molar refractivity (Wildman–Crippen MR) is 68.2 cm³/mol. The highest BCUT2D eigenvalue weighted by molar-refractivity contribution is 7.18. The van der Waals surface area contributed by atoms with Crippen molar-refractivity contribution in [3.8, 4) is 11.4 Å². The molecule has 84 valence electrons. The van der Waals surface area contributed by atoms with Crippen molar-refractivity contribution in [3.05, 3.63) is 45.8 Å². The molecule has 0 aliphatic heterocycles. The topological polar surface area (TPSA) is 58.6 Å². The summed E-state index contributed by atoms with van der Waals surface area (Å²) in [4.78, 5) is 25.0. The SMILES string of the molecule is Cc1cc2c(=O)[nH]c(-c3cccnc3)nc2s1. The average molecular weight is 243 g/mol. The van der Waals surface area contributed by atoms with Crippen LogP contribution in [0.15, 0.2) is 35.4 Å². The van der Waals surface area contributed by atoms with Crippen LogP contribution in [0, 0.1) is 6.92 Å². The Morgan fingerprint density at radius 2 is 2.29 bits per heavy atom. The summed E-state index contributed by atoms with van der Waals surface area (Å²) in [5.74, 6) is 0.567. The zero-order valence-corrected chi connectivity index (χ0v) is 9.91. The maximum Gasteiger partial charge on any atom is 0.259 e. The molecule has 0 aliphatic carbocycles. The molecular formula is C12H9N3OS. The summed E-state index contributed by atoms with van der Waals surface area (Å²) in [7, 11) is 0. The van der Waals surface area contributed by atoms with E-state index in [0.29, 0.717) is 11.2 Å². The largest absolute Gasteiger partial charge is 0.306 e. The lowest BCUT2D eigenvalue weighted by molar-refractivity contribution is 1.17. The lowest BCUT2D eigenvalue weighted by atomic mass is 10.2. The van der Waals surface area contributed by atoms with E-state index in [2.05, 4.69) is 15.0 Å². The molecule has 3 rings (SSSR count). The molecule has 0 aromatic carbocycles. The van der Waals surface area contributed by atoms with Gasteiger partial charge in [-0.25, -0.2) is 4.98 Å². The van der Waals surface area contributed by atoms with E-state index in [1.807, 2.05) is 25.1 Å². The van der Waals surface area contributed by atoms with E-state index >= 15 is 0 Å². The van der Waals surface area contributed by atoms with Crippen LogP contribution in [-0.4, -0.2) is 15.0 Å². The number of aromatic amines is 1. The first kappa shape index (κ1) is 10.2. The number of nitrogens with zero attached hydrogens (tertiary/aromatic N) is 2. The Balaban J connectivity index is 2.29. The number of pyridine rings is 1. The molecule has 4 nitrogen and oxygen atoms in total. The number of hydrogen-bond donors (Lipinski definition) is 1. The molecule has 0 unspecified atom stereocenters. The molecule has 3 aromatic heterocycles. The van der Waals surface area contributed by atoms with Gasteiger partial charge < -0.3 is 4.98 Å². The molecule has 0 amide bonds. The van der Waals surface area contributed by atoms with E-state index in [9.17, 15) is 4.79 Å². The maximum absolute atomic E-state index is 11.9. The molecular weight excluding hydrogens is 234 g/mol. The summed E-state index contributed by atoms with van der Waals surface area (Å²) in [6.45, 7) is 1.97. The molecule has 5 heteroatoms. The van der Waals surface area contributed by atoms with Gasteiger partial charge in [-0.15, -0.1) is 11.3 Å². The van der Waals surface area contributed by atoms with Crippen LogP contribution in [0.1, 0.15) is 4.88 Å². The van der Waals surface area contributed by atoms with E-state index in [0.717, 1.165) is 15.3 Å². The van der Waals surface area contributed by atoms with Gasteiger partial charge in [0.1, 0.15) is 10.7 Å². The van der Waals surface area contributed by atoms with Gasteiger partial charge in [0.25, 0.3) is 5.56 Å². The molecule has 0 spiro atoms. The quantitative estimate of drug-likeness (QED) is 0.713. The second kappa shape index (κ2) is 3.78. The van der Waals surface area contributed by atoms with Crippen molar-refractivity contribution in [2.45, 2.75) is 6.92 Å². The van der Waals surface area contributed by atoms with Gasteiger partial charge in [-0.05, 0) is 25.1 Å². The summed E-state index contributed by atoms with van der Waals surface area (Å²) in [5.41, 5.74) is 0.718. The highest BCUT2D eigenvalue weighted by Gasteiger charge is 2.08. The van der Waals surface area contributed by atoms with Crippen LogP contribution in [0.4, 0.5) is 0 Å². The standard InChI is InChI=1S/C12H9N3OS/c1-7-5-9-11(16)14-10(15-12(9)17-7)8-3-2-4-13-6-8/h2-6H,1H3,(H,14,15,16). The lowest BCUT2D eigenvalue weighted by Gasteiger charge is -1.99. The number of rotatable bonds is 1. The Kier molecular flexibility index (Phi) is 2.26. The van der Waals surface area contributed by atoms with E-state index in [1.54, 1.807) is 12.4 Å². The van der Waals surface area contributed by atoms with Gasteiger partial charge in [0.05, 0.1) is 5.39 Å². The normalized spacial score (nSPS) is 10.9. The number of nitrogens with one attached hydrogen (secondary N) is 1. The van der Waals surface area contributed by atoms with E-state index < -0.39 is 0 Å². The second-order valence-electron chi connectivity index (χ2n) is 3.73. The fourth-order valence-corrected chi connectivity index (χ4v) is 2.57. The van der Waals surface area contributed by atoms with Gasteiger partial charge in [-0.2, -0.15) is 0 Å². The minimum atomic E-state index is -0.0989. The third-order valence-electron chi connectivity index (χ3n) is 2.46. The summed E-state index contributed by atoms with van der Waals surface area (Å²) < 4.78 is 0. The van der Waals surface area contributed by atoms with Gasteiger partial charge in [-0.3, -0.25) is 9.78 Å². The molecule has 1 N–H and O–H groups in total. The average Bonchev–Trinajstić information content (AvgIpc) is 2.71. The Labute approximate surface area is 101 Å². The van der Waals surface area contributed by atoms with E-state index in [1.165, 1.54) is 11.3 Å². The zero-order valence-electron chi connectivity index (χ0n) is 9.10. The van der Waals surface area contributed by atoms with Crippen LogP contribution in [0.3, 0.4) is 0 Å². The summed E-state index contributed by atoms with van der Waals surface area (Å²) >= 11 is 1.52. The van der Waals surface area contributed by atoms with Gasteiger partial charge in [0.15, 0.2) is 0 Å². The minimum absolute atomic E-state index is 0.0989. The van der Waals surface area contributed by atoms with Gasteiger partial charge in [0.2, 0.25) is 0 Å². The molecule has 3 aromatic rings. The molecule has 17 heavy (non-hydrogen) atoms. The number of aromatic nitrogens is 3. The van der Waals surface area contributed by atoms with Crippen LogP contribution >= 0.6 is 11.3 Å². The highest BCUT2D eigenvalue weighted by Crippen LogP contribution is 2.22. The monoisotopic (exact) mass is 243 g/mol. The summed E-state index contributed by atoms with van der Waals surface area (Å²) in [6, 6.07) is 5.55. The highest BCUT2D eigenvalue weighted by atomic mass is 32.1. The second-order valence-corrected chi connectivity index (χ2v) is 4.97. The van der Waals surface area contributed by atoms with Crippen molar-refractivity contribution in [3.63, 3.8) is 0 Å². The number of fused-ring (bicyclic) bond motifs is 1. The number of H-pyrrole nitrogens is 1. The molecule has 0 fully saturated rings. The number of hydrogen-bond acceptors (Lipinski definition) is 4. The van der Waals surface area contributed by atoms with Gasteiger partial charge >= 0.3 is 0 Å². The Morgan fingerprint density at radius 3 is 3.06 bits per heavy atom. The number of thiophene rings is 1. The molecule has 0 saturated carbocycles.